The van der Waals surface area contributed by atoms with Crippen LogP contribution in [0, 0.1) is 5.92 Å². The number of benzene rings is 1. The zero-order valence-corrected chi connectivity index (χ0v) is 13.7. The normalized spacial score (nSPS) is 12.7. The highest BCUT2D eigenvalue weighted by Gasteiger charge is 2.01. The smallest absolute Gasteiger partial charge is 0.0164 e. The van der Waals surface area contributed by atoms with Gasteiger partial charge in [0.05, 0.1) is 0 Å². The highest BCUT2D eigenvalue weighted by molar-refractivity contribution is 7.99. The van der Waals surface area contributed by atoms with E-state index in [2.05, 4.69) is 57.3 Å². The fourth-order valence-electron chi connectivity index (χ4n) is 1.86. The van der Waals surface area contributed by atoms with Gasteiger partial charge in [0.15, 0.2) is 0 Å². The molecule has 0 aliphatic rings. The predicted molar refractivity (Wildman–Crippen MR) is 88.8 cm³/mol. The maximum Gasteiger partial charge on any atom is 0.0164 e. The van der Waals surface area contributed by atoms with E-state index in [0.717, 1.165) is 12.5 Å². The quantitative estimate of drug-likeness (QED) is 0.716. The molecule has 0 saturated carbocycles. The third-order valence-electron chi connectivity index (χ3n) is 3.33. The van der Waals surface area contributed by atoms with E-state index in [1.807, 2.05) is 18.8 Å². The second-order valence-electron chi connectivity index (χ2n) is 5.49. The van der Waals surface area contributed by atoms with Gasteiger partial charge in [0.2, 0.25) is 0 Å². The zero-order chi connectivity index (χ0) is 14.3. The fraction of sp³-hybridized carbons (Fsp3) is 0.529. The molecule has 0 unspecified atom stereocenters. The third kappa shape index (κ3) is 5.84. The van der Waals surface area contributed by atoms with Crippen LogP contribution in [-0.4, -0.2) is 19.3 Å². The molecule has 0 aliphatic carbocycles. The molecule has 106 valence electrons. The topological polar surface area (TPSA) is 12.0 Å². The van der Waals surface area contributed by atoms with Gasteiger partial charge in [-0.25, -0.2) is 0 Å². The Bertz CT molecular complexity index is 404. The van der Waals surface area contributed by atoms with E-state index in [1.54, 1.807) is 0 Å². The Morgan fingerprint density at radius 1 is 1.16 bits per heavy atom. The van der Waals surface area contributed by atoms with Crippen molar-refractivity contribution in [3.8, 4) is 0 Å². The maximum absolute atomic E-state index is 3.21. The van der Waals surface area contributed by atoms with Crippen LogP contribution < -0.4 is 5.32 Å². The number of allylic oxidation sites excluding steroid dienone is 1. The van der Waals surface area contributed by atoms with Crippen molar-refractivity contribution in [3.05, 3.63) is 35.4 Å². The van der Waals surface area contributed by atoms with Crippen molar-refractivity contribution in [1.82, 2.24) is 5.32 Å². The highest BCUT2D eigenvalue weighted by Crippen LogP contribution is 2.24. The van der Waals surface area contributed by atoms with Crippen LogP contribution in [0.3, 0.4) is 0 Å². The Morgan fingerprint density at radius 3 is 2.32 bits per heavy atom. The van der Waals surface area contributed by atoms with Crippen LogP contribution >= 0.6 is 11.8 Å². The molecule has 0 aromatic heterocycles. The Balaban J connectivity index is 2.63. The summed E-state index contributed by atoms with van der Waals surface area (Å²) in [5, 5.41) is 3.21. The monoisotopic (exact) mass is 277 g/mol. The van der Waals surface area contributed by atoms with Crippen LogP contribution in [0.25, 0.3) is 5.57 Å². The van der Waals surface area contributed by atoms with E-state index in [1.165, 1.54) is 33.8 Å². The Morgan fingerprint density at radius 2 is 1.79 bits per heavy atom. The van der Waals surface area contributed by atoms with Gasteiger partial charge >= 0.3 is 0 Å². The molecule has 0 spiro atoms. The molecule has 0 fully saturated rings. The van der Waals surface area contributed by atoms with Crippen molar-refractivity contribution in [2.45, 2.75) is 39.0 Å². The molecule has 0 saturated heterocycles. The number of thioether (sulfide) groups is 1. The number of likely N-dealkylation sites (N-methyl/N-ethyl adjacent to an activating group) is 1. The van der Waals surface area contributed by atoms with Gasteiger partial charge in [-0.15, -0.1) is 11.8 Å². The number of hydrogen-bond acceptors (Lipinski definition) is 2. The maximum atomic E-state index is 3.21. The van der Waals surface area contributed by atoms with Crippen molar-refractivity contribution in [3.63, 3.8) is 0 Å². The second kappa shape index (κ2) is 8.44. The molecule has 0 amide bonds. The first-order valence-corrected chi connectivity index (χ1v) is 8.07. The van der Waals surface area contributed by atoms with Crippen molar-refractivity contribution in [2.75, 3.05) is 19.3 Å². The second-order valence-corrected chi connectivity index (χ2v) is 6.66. The molecule has 1 nitrogen and oxygen atoms in total. The summed E-state index contributed by atoms with van der Waals surface area (Å²) in [6.07, 6.45) is 1.28. The van der Waals surface area contributed by atoms with Gasteiger partial charge in [-0.1, -0.05) is 31.6 Å². The van der Waals surface area contributed by atoms with Crippen molar-refractivity contribution in [2.24, 2.45) is 5.92 Å². The van der Waals surface area contributed by atoms with Gasteiger partial charge in [-0.05, 0) is 62.3 Å². The fourth-order valence-corrected chi connectivity index (χ4v) is 3.01. The first-order valence-electron chi connectivity index (χ1n) is 7.08. The minimum absolute atomic E-state index is 0.793. The molecular weight excluding hydrogens is 250 g/mol. The van der Waals surface area contributed by atoms with E-state index in [4.69, 9.17) is 0 Å². The SMILES string of the molecule is CNCC(C)=C(C)c1ccc(SCCC(C)C)cc1. The summed E-state index contributed by atoms with van der Waals surface area (Å²) in [7, 11) is 1.99. The number of hydrogen-bond donors (Lipinski definition) is 1. The van der Waals surface area contributed by atoms with Crippen LogP contribution in [0.5, 0.6) is 0 Å². The molecule has 1 rings (SSSR count). The summed E-state index contributed by atoms with van der Waals surface area (Å²) in [5.41, 5.74) is 4.12. The van der Waals surface area contributed by atoms with E-state index in [9.17, 15) is 0 Å². The minimum atomic E-state index is 0.793. The van der Waals surface area contributed by atoms with E-state index >= 15 is 0 Å². The largest absolute Gasteiger partial charge is 0.316 e. The van der Waals surface area contributed by atoms with Crippen molar-refractivity contribution < 1.29 is 0 Å². The first kappa shape index (κ1) is 16.3. The highest BCUT2D eigenvalue weighted by atomic mass is 32.2. The third-order valence-corrected chi connectivity index (χ3v) is 4.38. The lowest BCUT2D eigenvalue weighted by molar-refractivity contribution is 0.632. The molecule has 1 aromatic rings. The van der Waals surface area contributed by atoms with Crippen molar-refractivity contribution >= 4 is 17.3 Å². The minimum Gasteiger partial charge on any atom is -0.316 e. The summed E-state index contributed by atoms with van der Waals surface area (Å²) in [6, 6.07) is 8.98. The van der Waals surface area contributed by atoms with Gasteiger partial charge in [-0.2, -0.15) is 0 Å². The van der Waals surface area contributed by atoms with E-state index < -0.39 is 0 Å². The van der Waals surface area contributed by atoms with E-state index in [0.29, 0.717) is 0 Å². The van der Waals surface area contributed by atoms with Gasteiger partial charge in [0.25, 0.3) is 0 Å². The molecule has 0 radical (unpaired) electrons. The molecule has 1 N–H and O–H groups in total. The van der Waals surface area contributed by atoms with Crippen LogP contribution in [0.2, 0.25) is 0 Å². The lowest BCUT2D eigenvalue weighted by Gasteiger charge is -2.09. The molecule has 0 atom stereocenters. The molecular formula is C17H27NS. The number of rotatable bonds is 7. The summed E-state index contributed by atoms with van der Waals surface area (Å²) >= 11 is 1.96. The molecule has 0 heterocycles. The average Bonchev–Trinajstić information content (AvgIpc) is 2.38. The average molecular weight is 277 g/mol. The van der Waals surface area contributed by atoms with Gasteiger partial charge in [-0.3, -0.25) is 0 Å². The Kier molecular flexibility index (Phi) is 7.25. The summed E-state index contributed by atoms with van der Waals surface area (Å²) < 4.78 is 0. The molecule has 1 aromatic carbocycles. The van der Waals surface area contributed by atoms with Crippen LogP contribution in [0.15, 0.2) is 34.7 Å². The van der Waals surface area contributed by atoms with Crippen molar-refractivity contribution in [1.29, 1.82) is 0 Å². The Labute approximate surface area is 122 Å². The summed E-state index contributed by atoms with van der Waals surface area (Å²) in [4.78, 5) is 1.38. The molecule has 2 heteroatoms. The molecule has 0 bridgehead atoms. The predicted octanol–water partition coefficient (Wildman–Crippen LogP) is 4.84. The van der Waals surface area contributed by atoms with E-state index in [-0.39, 0.29) is 0 Å². The van der Waals surface area contributed by atoms with Gasteiger partial charge < -0.3 is 5.32 Å². The van der Waals surface area contributed by atoms with Crippen LogP contribution in [0.1, 0.15) is 39.7 Å². The first-order chi connectivity index (χ1) is 9.04. The lowest BCUT2D eigenvalue weighted by Crippen LogP contribution is -2.09. The molecule has 19 heavy (non-hydrogen) atoms. The van der Waals surface area contributed by atoms with Crippen LogP contribution in [0.4, 0.5) is 0 Å². The van der Waals surface area contributed by atoms with Gasteiger partial charge in [0, 0.05) is 11.4 Å². The standard InChI is InChI=1S/C17H27NS/c1-13(2)10-11-19-17-8-6-16(7-9-17)15(4)14(3)12-18-5/h6-9,13,18H,10-12H2,1-5H3. The van der Waals surface area contributed by atoms with Crippen LogP contribution in [-0.2, 0) is 0 Å². The Hall–Kier alpha value is -0.730. The van der Waals surface area contributed by atoms with Gasteiger partial charge in [0.1, 0.15) is 0 Å². The lowest BCUT2D eigenvalue weighted by atomic mass is 10.0. The summed E-state index contributed by atoms with van der Waals surface area (Å²) in [6.45, 7) is 9.91. The number of nitrogens with one attached hydrogen (secondary N) is 1. The zero-order valence-electron chi connectivity index (χ0n) is 12.9. The molecule has 0 aliphatic heterocycles. The summed E-state index contributed by atoms with van der Waals surface area (Å²) in [5.74, 6) is 2.01.